The van der Waals surface area contributed by atoms with Gasteiger partial charge in [-0.2, -0.15) is 0 Å². The molecule has 0 bridgehead atoms. The first-order valence-corrected chi connectivity index (χ1v) is 11.7. The van der Waals surface area contributed by atoms with Gasteiger partial charge in [-0.25, -0.2) is 0 Å². The molecule has 34 heavy (non-hydrogen) atoms. The van der Waals surface area contributed by atoms with Gasteiger partial charge in [0.2, 0.25) is 0 Å². The molecule has 168 valence electrons. The second-order valence-electron chi connectivity index (χ2n) is 8.92. The van der Waals surface area contributed by atoms with Gasteiger partial charge in [0, 0.05) is 12.8 Å². The fourth-order valence-electron chi connectivity index (χ4n) is 4.83. The molecule has 1 unspecified atom stereocenters. The number of fused-ring (bicyclic) bond motifs is 1. The smallest absolute Gasteiger partial charge is 0.168 e. The summed E-state index contributed by atoms with van der Waals surface area (Å²) in [6, 6.07) is 32.2. The Morgan fingerprint density at radius 3 is 2.38 bits per heavy atom. The molecule has 4 aromatic rings. The van der Waals surface area contributed by atoms with E-state index in [0.717, 1.165) is 33.2 Å². The number of benzene rings is 4. The quantitative estimate of drug-likeness (QED) is 0.262. The minimum Gasteiger partial charge on any atom is -0.511 e. The molecule has 0 aromatic heterocycles. The zero-order valence-corrected chi connectivity index (χ0v) is 19.2. The average Bonchev–Trinajstić information content (AvgIpc) is 2.86. The molecule has 0 heterocycles. The molecular formula is C31H27NO2. The zero-order chi connectivity index (χ0) is 23.5. The number of aliphatic imine (C=N–C) groups is 1. The minimum atomic E-state index is -0.0508. The van der Waals surface area contributed by atoms with Gasteiger partial charge in [0.15, 0.2) is 5.78 Å². The van der Waals surface area contributed by atoms with Crippen LogP contribution in [0.15, 0.2) is 113 Å². The maximum absolute atomic E-state index is 13.5. The number of aliphatic hydroxyl groups is 1. The Morgan fingerprint density at radius 2 is 1.56 bits per heavy atom. The van der Waals surface area contributed by atoms with Gasteiger partial charge in [-0.15, -0.1) is 0 Å². The lowest BCUT2D eigenvalue weighted by Crippen LogP contribution is -2.27. The number of hydrogen-bond donors (Lipinski definition) is 1. The van der Waals surface area contributed by atoms with Crippen molar-refractivity contribution in [1.29, 1.82) is 0 Å². The molecule has 3 nitrogen and oxygen atoms in total. The zero-order valence-electron chi connectivity index (χ0n) is 19.2. The van der Waals surface area contributed by atoms with Gasteiger partial charge in [0.1, 0.15) is 5.76 Å². The van der Waals surface area contributed by atoms with Gasteiger partial charge in [-0.1, -0.05) is 91.0 Å². The third-order valence-electron chi connectivity index (χ3n) is 6.61. The number of Topliss-reactive ketones (excluding diaryl/α,β-unsaturated/α-hetero) is 1. The largest absolute Gasteiger partial charge is 0.511 e. The molecule has 1 N–H and O–H groups in total. The summed E-state index contributed by atoms with van der Waals surface area (Å²) in [7, 11) is 0. The Morgan fingerprint density at radius 1 is 0.853 bits per heavy atom. The van der Waals surface area contributed by atoms with Gasteiger partial charge in [0.05, 0.1) is 17.0 Å². The van der Waals surface area contributed by atoms with Crippen molar-refractivity contribution in [2.24, 2.45) is 4.99 Å². The van der Waals surface area contributed by atoms with E-state index >= 15 is 0 Å². The molecule has 0 aliphatic heterocycles. The predicted molar refractivity (Wildman–Crippen MR) is 139 cm³/mol. The van der Waals surface area contributed by atoms with Crippen molar-refractivity contribution in [3.05, 3.63) is 125 Å². The first-order valence-electron chi connectivity index (χ1n) is 11.7. The molecule has 1 saturated carbocycles. The maximum atomic E-state index is 13.5. The van der Waals surface area contributed by atoms with E-state index in [1.54, 1.807) is 0 Å². The van der Waals surface area contributed by atoms with E-state index in [0.29, 0.717) is 30.5 Å². The molecule has 5 rings (SSSR count). The Kier molecular flexibility index (Phi) is 6.09. The highest BCUT2D eigenvalue weighted by atomic mass is 16.3. The summed E-state index contributed by atoms with van der Waals surface area (Å²) in [5.41, 5.74) is 5.03. The monoisotopic (exact) mass is 445 g/mol. The number of carbonyl (C=O) groups is 1. The van der Waals surface area contributed by atoms with Crippen LogP contribution in [0.4, 0.5) is 5.69 Å². The van der Waals surface area contributed by atoms with Crippen LogP contribution in [-0.4, -0.2) is 16.6 Å². The Bertz CT molecular complexity index is 1410. The molecule has 0 saturated heterocycles. The lowest BCUT2D eigenvalue weighted by molar-refractivity contribution is -0.115. The van der Waals surface area contributed by atoms with Crippen molar-refractivity contribution in [3.8, 4) is 0 Å². The van der Waals surface area contributed by atoms with Crippen LogP contribution < -0.4 is 0 Å². The van der Waals surface area contributed by atoms with E-state index in [2.05, 4.69) is 30.3 Å². The number of hydrogen-bond acceptors (Lipinski definition) is 3. The fourth-order valence-corrected chi connectivity index (χ4v) is 4.83. The van der Waals surface area contributed by atoms with E-state index < -0.39 is 0 Å². The number of nitrogens with zero attached hydrogens (tertiary/aromatic N) is 1. The summed E-state index contributed by atoms with van der Waals surface area (Å²) in [5.74, 6) is 0.0935. The van der Waals surface area contributed by atoms with Crippen LogP contribution in [0.3, 0.4) is 0 Å². The van der Waals surface area contributed by atoms with Gasteiger partial charge in [-0.3, -0.25) is 9.79 Å². The molecule has 0 spiro atoms. The normalized spacial score (nSPS) is 18.9. The standard InChI is InChI=1S/C31H27NO2/c1-21-10-5-8-17-27(21)32-28-18-25(22-11-3-2-4-12-22)20-30(34)31(28)29(33)19-24-15-9-14-23-13-6-7-16-26(23)24/h2-17,25,33H,18-20H2,1H3/b31-29+,32-28?. The number of aliphatic hydroxyl groups excluding tert-OH is 1. The molecule has 1 aliphatic rings. The molecule has 4 aromatic carbocycles. The number of aryl methyl sites for hydroxylation is 1. The van der Waals surface area contributed by atoms with Crippen LogP contribution in [0.5, 0.6) is 0 Å². The molecular weight excluding hydrogens is 418 g/mol. The molecule has 0 amide bonds. The molecule has 1 aliphatic carbocycles. The van der Waals surface area contributed by atoms with E-state index in [4.69, 9.17) is 4.99 Å². The maximum Gasteiger partial charge on any atom is 0.168 e. The van der Waals surface area contributed by atoms with E-state index in [1.165, 1.54) is 0 Å². The van der Waals surface area contributed by atoms with Crippen molar-refractivity contribution >= 4 is 28.0 Å². The SMILES string of the molecule is Cc1ccccc1N=C1CC(c2ccccc2)CC(=O)/C1=C(/O)Cc1cccc2ccccc12. The van der Waals surface area contributed by atoms with Crippen molar-refractivity contribution in [1.82, 2.24) is 0 Å². The lowest BCUT2D eigenvalue weighted by Gasteiger charge is -2.26. The predicted octanol–water partition coefficient (Wildman–Crippen LogP) is 7.42. The van der Waals surface area contributed by atoms with Crippen molar-refractivity contribution in [2.75, 3.05) is 0 Å². The highest BCUT2D eigenvalue weighted by molar-refractivity contribution is 6.25. The number of rotatable bonds is 4. The molecule has 3 heteroatoms. The summed E-state index contributed by atoms with van der Waals surface area (Å²) >= 11 is 0. The summed E-state index contributed by atoms with van der Waals surface area (Å²) in [4.78, 5) is 18.4. The van der Waals surface area contributed by atoms with Crippen LogP contribution in [0.2, 0.25) is 0 Å². The number of allylic oxidation sites excluding steroid dienone is 2. The summed E-state index contributed by atoms with van der Waals surface area (Å²) < 4.78 is 0. The minimum absolute atomic E-state index is 0.0468. The highest BCUT2D eigenvalue weighted by Crippen LogP contribution is 2.35. The lowest BCUT2D eigenvalue weighted by atomic mass is 9.78. The van der Waals surface area contributed by atoms with Crippen LogP contribution in [0.1, 0.15) is 35.4 Å². The van der Waals surface area contributed by atoms with Gasteiger partial charge in [-0.05, 0) is 52.8 Å². The van der Waals surface area contributed by atoms with Crippen LogP contribution >= 0.6 is 0 Å². The van der Waals surface area contributed by atoms with Gasteiger partial charge in [0.25, 0.3) is 0 Å². The third-order valence-corrected chi connectivity index (χ3v) is 6.61. The van der Waals surface area contributed by atoms with E-state index in [9.17, 15) is 9.90 Å². The summed E-state index contributed by atoms with van der Waals surface area (Å²) in [5, 5.41) is 13.5. The Balaban J connectivity index is 1.59. The van der Waals surface area contributed by atoms with Crippen LogP contribution in [0.25, 0.3) is 10.8 Å². The first kappa shape index (κ1) is 21.8. The Hall–Kier alpha value is -3.98. The fraction of sp³-hybridized carbons (Fsp3) is 0.161. The second-order valence-corrected chi connectivity index (χ2v) is 8.92. The van der Waals surface area contributed by atoms with Crippen LogP contribution in [-0.2, 0) is 11.2 Å². The summed E-state index contributed by atoms with van der Waals surface area (Å²) in [6.45, 7) is 2.01. The molecule has 1 fully saturated rings. The second kappa shape index (κ2) is 9.48. The van der Waals surface area contributed by atoms with Crippen LogP contribution in [0, 0.1) is 6.92 Å². The topological polar surface area (TPSA) is 49.7 Å². The van der Waals surface area contributed by atoms with Crippen molar-refractivity contribution in [3.63, 3.8) is 0 Å². The summed E-state index contributed by atoms with van der Waals surface area (Å²) in [6.07, 6.45) is 1.27. The third kappa shape index (κ3) is 4.42. The van der Waals surface area contributed by atoms with Gasteiger partial charge < -0.3 is 5.11 Å². The van der Waals surface area contributed by atoms with Gasteiger partial charge >= 0.3 is 0 Å². The number of ketones is 1. The van der Waals surface area contributed by atoms with E-state index in [1.807, 2.05) is 73.7 Å². The Labute approximate surface area is 200 Å². The number of carbonyl (C=O) groups excluding carboxylic acids is 1. The molecule has 1 atom stereocenters. The van der Waals surface area contributed by atoms with E-state index in [-0.39, 0.29) is 17.5 Å². The highest BCUT2D eigenvalue weighted by Gasteiger charge is 2.32. The first-order chi connectivity index (χ1) is 16.6. The average molecular weight is 446 g/mol. The van der Waals surface area contributed by atoms with Crippen molar-refractivity contribution < 1.29 is 9.90 Å². The number of para-hydroxylation sites is 1. The van der Waals surface area contributed by atoms with Crippen molar-refractivity contribution in [2.45, 2.75) is 32.1 Å². The molecule has 0 radical (unpaired) electrons.